The minimum absolute atomic E-state index is 0.0308. The lowest BCUT2D eigenvalue weighted by molar-refractivity contribution is 0.0940. The van der Waals surface area contributed by atoms with Crippen LogP contribution >= 0.6 is 11.6 Å². The average molecular weight is 336 g/mol. The minimum atomic E-state index is -4.60. The molecule has 112 valence electrons. The normalized spacial score (nSPS) is 11.4. The Balaban J connectivity index is 2.17. The summed E-state index contributed by atoms with van der Waals surface area (Å²) in [5.41, 5.74) is 1.77. The number of carbonyl (C=O) groups excluding carboxylic acids is 1. The van der Waals surface area contributed by atoms with Gasteiger partial charge in [0.15, 0.2) is 4.90 Å². The summed E-state index contributed by atoms with van der Waals surface area (Å²) in [5.74, 6) is -3.43. The summed E-state index contributed by atoms with van der Waals surface area (Å²) >= 11 is 5.58. The second kappa shape index (κ2) is 5.80. The van der Waals surface area contributed by atoms with Gasteiger partial charge in [-0.05, 0) is 18.2 Å². The Morgan fingerprint density at radius 2 is 1.86 bits per heavy atom. The molecule has 0 aliphatic rings. The number of hydrogen-bond acceptors (Lipinski definition) is 3. The molecule has 2 rings (SSSR count). The summed E-state index contributed by atoms with van der Waals surface area (Å²) in [6.45, 7) is 0. The number of H-pyrrole nitrogens is 1. The van der Waals surface area contributed by atoms with Crippen LogP contribution in [0.2, 0.25) is 5.02 Å². The molecule has 1 amide bonds. The first-order chi connectivity index (χ1) is 9.81. The van der Waals surface area contributed by atoms with E-state index in [1.54, 1.807) is 10.3 Å². The Bertz CT molecular complexity index is 772. The summed E-state index contributed by atoms with van der Waals surface area (Å²) in [4.78, 5) is 14.5. The van der Waals surface area contributed by atoms with Crippen molar-refractivity contribution in [3.05, 3.63) is 52.8 Å². The van der Waals surface area contributed by atoms with E-state index in [-0.39, 0.29) is 10.7 Å². The van der Waals surface area contributed by atoms with Crippen molar-refractivity contribution in [3.8, 4) is 0 Å². The quantitative estimate of drug-likeness (QED) is 0.741. The van der Waals surface area contributed by atoms with Gasteiger partial charge in [0.25, 0.3) is 15.9 Å². The van der Waals surface area contributed by atoms with Crippen molar-refractivity contribution in [1.29, 1.82) is 0 Å². The fraction of sp³-hybridized carbons (Fsp3) is 0. The van der Waals surface area contributed by atoms with Crippen molar-refractivity contribution in [2.45, 2.75) is 4.90 Å². The molecular weight excluding hydrogens is 328 g/mol. The predicted molar refractivity (Wildman–Crippen MR) is 69.9 cm³/mol. The molecule has 1 aromatic heterocycles. The van der Waals surface area contributed by atoms with Crippen LogP contribution in [0.5, 0.6) is 0 Å². The lowest BCUT2D eigenvalue weighted by Crippen LogP contribution is -2.42. The van der Waals surface area contributed by atoms with E-state index in [1.165, 1.54) is 12.3 Å². The molecule has 0 aliphatic carbocycles. The van der Waals surface area contributed by atoms with Gasteiger partial charge in [0, 0.05) is 6.20 Å². The molecule has 2 aromatic rings. The van der Waals surface area contributed by atoms with Crippen molar-refractivity contribution in [3.63, 3.8) is 0 Å². The van der Waals surface area contributed by atoms with Crippen molar-refractivity contribution in [1.82, 2.24) is 15.2 Å². The van der Waals surface area contributed by atoms with E-state index in [2.05, 4.69) is 4.98 Å². The van der Waals surface area contributed by atoms with Gasteiger partial charge in [-0.15, -0.1) is 4.83 Å². The Morgan fingerprint density at radius 1 is 1.24 bits per heavy atom. The molecule has 0 saturated heterocycles. The maximum absolute atomic E-state index is 13.4. The summed E-state index contributed by atoms with van der Waals surface area (Å²) in [7, 11) is -4.60. The Kier molecular flexibility index (Phi) is 4.26. The first kappa shape index (κ1) is 15.4. The lowest BCUT2D eigenvalue weighted by Gasteiger charge is -2.09. The zero-order chi connectivity index (χ0) is 15.6. The number of aromatic amines is 1. The van der Waals surface area contributed by atoms with Crippen LogP contribution < -0.4 is 10.3 Å². The lowest BCUT2D eigenvalue weighted by atomic mass is 10.3. The Labute approximate surface area is 123 Å². The van der Waals surface area contributed by atoms with Crippen molar-refractivity contribution >= 4 is 27.5 Å². The van der Waals surface area contributed by atoms with Gasteiger partial charge < -0.3 is 4.98 Å². The fourth-order valence-electron chi connectivity index (χ4n) is 1.47. The predicted octanol–water partition coefficient (Wildman–Crippen LogP) is 1.57. The molecule has 0 saturated carbocycles. The van der Waals surface area contributed by atoms with Gasteiger partial charge in [-0.1, -0.05) is 17.7 Å². The molecule has 0 bridgehead atoms. The zero-order valence-electron chi connectivity index (χ0n) is 10.2. The number of hydrogen-bond donors (Lipinski definition) is 3. The van der Waals surface area contributed by atoms with E-state index in [9.17, 15) is 22.0 Å². The van der Waals surface area contributed by atoms with E-state index in [1.807, 2.05) is 0 Å². The minimum Gasteiger partial charge on any atom is -0.356 e. The van der Waals surface area contributed by atoms with Gasteiger partial charge in [-0.2, -0.15) is 0 Å². The van der Waals surface area contributed by atoms with Crippen LogP contribution in [0, 0.1) is 11.6 Å². The number of benzene rings is 1. The molecule has 0 aliphatic heterocycles. The molecular formula is C11H8ClF2N3O3S. The third-order valence-corrected chi connectivity index (χ3v) is 3.90. The third-order valence-electron chi connectivity index (χ3n) is 2.38. The number of rotatable bonds is 4. The number of hydrazine groups is 1. The Hall–Kier alpha value is -1.97. The van der Waals surface area contributed by atoms with E-state index < -0.39 is 32.5 Å². The molecule has 0 radical (unpaired) electrons. The Morgan fingerprint density at radius 3 is 2.38 bits per heavy atom. The SMILES string of the molecule is O=C(NNS(=O)(=O)c1c(F)cccc1F)c1cc(Cl)c[nH]1. The van der Waals surface area contributed by atoms with E-state index in [0.29, 0.717) is 0 Å². The molecule has 3 N–H and O–H groups in total. The van der Waals surface area contributed by atoms with Crippen LogP contribution in [-0.2, 0) is 10.0 Å². The molecule has 6 nitrogen and oxygen atoms in total. The molecule has 21 heavy (non-hydrogen) atoms. The number of amides is 1. The van der Waals surface area contributed by atoms with Gasteiger partial charge in [0.1, 0.15) is 17.3 Å². The molecule has 1 heterocycles. The van der Waals surface area contributed by atoms with Gasteiger partial charge in [0.05, 0.1) is 5.02 Å². The van der Waals surface area contributed by atoms with Crippen LogP contribution in [0.3, 0.4) is 0 Å². The van der Waals surface area contributed by atoms with Crippen LogP contribution in [0.4, 0.5) is 8.78 Å². The molecule has 1 aromatic carbocycles. The van der Waals surface area contributed by atoms with Crippen LogP contribution in [0.25, 0.3) is 0 Å². The number of sulfonamides is 1. The van der Waals surface area contributed by atoms with E-state index in [0.717, 1.165) is 18.2 Å². The standard InChI is InChI=1S/C11H8ClF2N3O3S/c12-6-4-9(15-5-6)11(18)16-17-21(19,20)10-7(13)2-1-3-8(10)14/h1-5,15,17H,(H,16,18). The second-order valence-electron chi connectivity index (χ2n) is 3.84. The monoisotopic (exact) mass is 335 g/mol. The first-order valence-corrected chi connectivity index (χ1v) is 7.27. The summed E-state index contributed by atoms with van der Waals surface area (Å²) < 4.78 is 50.3. The number of halogens is 3. The van der Waals surface area contributed by atoms with Crippen molar-refractivity contribution < 1.29 is 22.0 Å². The van der Waals surface area contributed by atoms with Crippen LogP contribution in [0.15, 0.2) is 35.4 Å². The van der Waals surface area contributed by atoms with E-state index in [4.69, 9.17) is 11.6 Å². The molecule has 0 atom stereocenters. The number of nitrogens with one attached hydrogen (secondary N) is 3. The molecule has 0 unspecified atom stereocenters. The van der Waals surface area contributed by atoms with E-state index >= 15 is 0 Å². The summed E-state index contributed by atoms with van der Waals surface area (Å²) in [5, 5.41) is 0.239. The summed E-state index contributed by atoms with van der Waals surface area (Å²) in [6, 6.07) is 3.83. The maximum atomic E-state index is 13.4. The second-order valence-corrected chi connectivity index (χ2v) is 5.90. The third kappa shape index (κ3) is 3.38. The largest absolute Gasteiger partial charge is 0.356 e. The molecule has 0 fully saturated rings. The van der Waals surface area contributed by atoms with Crippen LogP contribution in [0.1, 0.15) is 10.5 Å². The summed E-state index contributed by atoms with van der Waals surface area (Å²) in [6.07, 6.45) is 1.31. The van der Waals surface area contributed by atoms with Crippen LogP contribution in [-0.4, -0.2) is 19.3 Å². The topological polar surface area (TPSA) is 91.1 Å². The highest BCUT2D eigenvalue weighted by Crippen LogP contribution is 2.17. The highest BCUT2D eigenvalue weighted by Gasteiger charge is 2.24. The smallest absolute Gasteiger partial charge is 0.282 e. The van der Waals surface area contributed by atoms with Gasteiger partial charge in [-0.25, -0.2) is 17.2 Å². The van der Waals surface area contributed by atoms with Crippen molar-refractivity contribution in [2.75, 3.05) is 0 Å². The molecule has 0 spiro atoms. The average Bonchev–Trinajstić information content (AvgIpc) is 2.82. The highest BCUT2D eigenvalue weighted by molar-refractivity contribution is 7.89. The zero-order valence-corrected chi connectivity index (χ0v) is 11.7. The fourth-order valence-corrected chi connectivity index (χ4v) is 2.61. The van der Waals surface area contributed by atoms with Gasteiger partial charge >= 0.3 is 0 Å². The first-order valence-electron chi connectivity index (χ1n) is 5.41. The maximum Gasteiger partial charge on any atom is 0.282 e. The molecule has 10 heteroatoms. The highest BCUT2D eigenvalue weighted by atomic mass is 35.5. The van der Waals surface area contributed by atoms with Crippen molar-refractivity contribution in [2.24, 2.45) is 0 Å². The van der Waals surface area contributed by atoms with Gasteiger partial charge in [-0.3, -0.25) is 10.2 Å². The number of carbonyl (C=O) groups is 1. The van der Waals surface area contributed by atoms with Gasteiger partial charge in [0.2, 0.25) is 0 Å². The number of aromatic nitrogens is 1.